The van der Waals surface area contributed by atoms with Crippen molar-refractivity contribution in [2.24, 2.45) is 5.92 Å². The van der Waals surface area contributed by atoms with Crippen LogP contribution in [0.15, 0.2) is 11.4 Å². The average molecular weight is 312 g/mol. The Morgan fingerprint density at radius 1 is 1.33 bits per heavy atom. The molecule has 1 rings (SSSR count). The summed E-state index contributed by atoms with van der Waals surface area (Å²) >= 11 is 1.63. The standard InChI is InChI=1S/C15H24N2O3S/c1-10-7-8-21-13(10)9-16-15(20)17-12(3)6-4-5-11(2)14(18)19/h7-8,11-12H,4-6,9H2,1-3H3,(H,18,19)(H2,16,17,20). The molecule has 118 valence electrons. The number of aryl methyl sites for hydroxylation is 1. The van der Waals surface area contributed by atoms with Crippen LogP contribution in [0.1, 0.15) is 43.6 Å². The first kappa shape index (κ1) is 17.5. The van der Waals surface area contributed by atoms with Gasteiger partial charge in [0.15, 0.2) is 0 Å². The first-order chi connectivity index (χ1) is 9.90. The molecule has 0 bridgehead atoms. The number of amides is 2. The van der Waals surface area contributed by atoms with E-state index in [9.17, 15) is 9.59 Å². The monoisotopic (exact) mass is 312 g/mol. The summed E-state index contributed by atoms with van der Waals surface area (Å²) in [5.41, 5.74) is 1.19. The number of aliphatic carboxylic acids is 1. The highest BCUT2D eigenvalue weighted by Crippen LogP contribution is 2.14. The molecule has 0 aliphatic heterocycles. The molecule has 0 fully saturated rings. The lowest BCUT2D eigenvalue weighted by Crippen LogP contribution is -2.40. The van der Waals surface area contributed by atoms with E-state index in [1.165, 1.54) is 5.56 Å². The third-order valence-corrected chi connectivity index (χ3v) is 4.47. The van der Waals surface area contributed by atoms with Gasteiger partial charge >= 0.3 is 12.0 Å². The van der Waals surface area contributed by atoms with E-state index in [4.69, 9.17) is 5.11 Å². The SMILES string of the molecule is Cc1ccsc1CNC(=O)NC(C)CCCC(C)C(=O)O. The molecule has 0 aliphatic rings. The van der Waals surface area contributed by atoms with E-state index in [0.29, 0.717) is 13.0 Å². The van der Waals surface area contributed by atoms with Gasteiger partial charge in [-0.2, -0.15) is 0 Å². The molecule has 1 heterocycles. The van der Waals surface area contributed by atoms with Gasteiger partial charge in [-0.25, -0.2) is 4.79 Å². The highest BCUT2D eigenvalue weighted by atomic mass is 32.1. The first-order valence-corrected chi connectivity index (χ1v) is 8.08. The van der Waals surface area contributed by atoms with E-state index in [1.807, 2.05) is 25.3 Å². The first-order valence-electron chi connectivity index (χ1n) is 7.20. The molecule has 21 heavy (non-hydrogen) atoms. The Morgan fingerprint density at radius 3 is 2.62 bits per heavy atom. The number of nitrogens with one attached hydrogen (secondary N) is 2. The molecule has 0 radical (unpaired) electrons. The third-order valence-electron chi connectivity index (χ3n) is 3.45. The van der Waals surface area contributed by atoms with Crippen LogP contribution in [0.5, 0.6) is 0 Å². The number of carbonyl (C=O) groups is 2. The van der Waals surface area contributed by atoms with Gasteiger partial charge in [0.1, 0.15) is 0 Å². The second-order valence-electron chi connectivity index (χ2n) is 5.43. The molecule has 1 aromatic rings. The van der Waals surface area contributed by atoms with Crippen molar-refractivity contribution in [1.29, 1.82) is 0 Å². The minimum atomic E-state index is -0.764. The smallest absolute Gasteiger partial charge is 0.315 e. The molecule has 0 aromatic carbocycles. The Hall–Kier alpha value is -1.56. The van der Waals surface area contributed by atoms with Gasteiger partial charge < -0.3 is 15.7 Å². The lowest BCUT2D eigenvalue weighted by Gasteiger charge is -2.15. The van der Waals surface area contributed by atoms with Crippen LogP contribution in [0.3, 0.4) is 0 Å². The van der Waals surface area contributed by atoms with Crippen LogP contribution in [0, 0.1) is 12.8 Å². The number of hydrogen-bond donors (Lipinski definition) is 3. The molecule has 0 spiro atoms. The molecular formula is C15H24N2O3S. The Balaban J connectivity index is 2.19. The van der Waals surface area contributed by atoms with Gasteiger partial charge in [0.2, 0.25) is 0 Å². The summed E-state index contributed by atoms with van der Waals surface area (Å²) in [5.74, 6) is -1.09. The van der Waals surface area contributed by atoms with Gasteiger partial charge in [-0.05, 0) is 43.7 Å². The highest BCUT2D eigenvalue weighted by Gasteiger charge is 2.12. The van der Waals surface area contributed by atoms with E-state index < -0.39 is 5.97 Å². The zero-order chi connectivity index (χ0) is 15.8. The van der Waals surface area contributed by atoms with Gasteiger partial charge in [-0.3, -0.25) is 4.79 Å². The van der Waals surface area contributed by atoms with Crippen molar-refractivity contribution in [3.63, 3.8) is 0 Å². The summed E-state index contributed by atoms with van der Waals surface area (Å²) in [7, 11) is 0. The van der Waals surface area contributed by atoms with Gasteiger partial charge in [0, 0.05) is 10.9 Å². The summed E-state index contributed by atoms with van der Waals surface area (Å²) in [6.07, 6.45) is 2.21. The molecular weight excluding hydrogens is 288 g/mol. The van der Waals surface area contributed by atoms with Crippen LogP contribution in [0.25, 0.3) is 0 Å². The van der Waals surface area contributed by atoms with Gasteiger partial charge in [-0.15, -0.1) is 11.3 Å². The van der Waals surface area contributed by atoms with E-state index in [1.54, 1.807) is 18.3 Å². The molecule has 0 saturated carbocycles. The van der Waals surface area contributed by atoms with Gasteiger partial charge in [-0.1, -0.05) is 13.3 Å². The number of carboxylic acids is 1. The zero-order valence-corrected chi connectivity index (χ0v) is 13.6. The predicted molar refractivity (Wildman–Crippen MR) is 84.5 cm³/mol. The van der Waals surface area contributed by atoms with Gasteiger partial charge in [0.05, 0.1) is 12.5 Å². The summed E-state index contributed by atoms with van der Waals surface area (Å²) in [4.78, 5) is 23.6. The normalized spacial score (nSPS) is 13.5. The van der Waals surface area contributed by atoms with Crippen LogP contribution in [-0.4, -0.2) is 23.1 Å². The molecule has 1 aromatic heterocycles. The van der Waals surface area contributed by atoms with E-state index >= 15 is 0 Å². The van der Waals surface area contributed by atoms with Crippen molar-refractivity contribution in [2.75, 3.05) is 0 Å². The van der Waals surface area contributed by atoms with Crippen LogP contribution >= 0.6 is 11.3 Å². The molecule has 0 aliphatic carbocycles. The number of urea groups is 1. The van der Waals surface area contributed by atoms with Crippen molar-refractivity contribution in [2.45, 2.75) is 52.6 Å². The fourth-order valence-corrected chi connectivity index (χ4v) is 2.79. The second-order valence-corrected chi connectivity index (χ2v) is 6.43. The fourth-order valence-electron chi connectivity index (χ4n) is 1.95. The Bertz CT molecular complexity index is 473. The van der Waals surface area contributed by atoms with Crippen molar-refractivity contribution >= 4 is 23.3 Å². The number of carboxylic acid groups (broad SMARTS) is 1. The minimum absolute atomic E-state index is 0.0374. The quantitative estimate of drug-likeness (QED) is 0.690. The molecule has 0 saturated heterocycles. The van der Waals surface area contributed by atoms with Gasteiger partial charge in [0.25, 0.3) is 0 Å². The van der Waals surface area contributed by atoms with E-state index in [0.717, 1.165) is 17.7 Å². The molecule has 2 atom stereocenters. The lowest BCUT2D eigenvalue weighted by molar-refractivity contribution is -0.141. The average Bonchev–Trinajstić information content (AvgIpc) is 2.81. The molecule has 6 heteroatoms. The molecule has 3 N–H and O–H groups in total. The molecule has 5 nitrogen and oxygen atoms in total. The summed E-state index contributed by atoms with van der Waals surface area (Å²) in [6, 6.07) is 1.89. The number of hydrogen-bond acceptors (Lipinski definition) is 3. The van der Waals surface area contributed by atoms with Crippen molar-refractivity contribution < 1.29 is 14.7 Å². The number of rotatable bonds is 8. The minimum Gasteiger partial charge on any atom is -0.481 e. The van der Waals surface area contributed by atoms with Crippen LogP contribution < -0.4 is 10.6 Å². The lowest BCUT2D eigenvalue weighted by atomic mass is 10.0. The Kier molecular flexibility index (Phi) is 7.22. The fraction of sp³-hybridized carbons (Fsp3) is 0.600. The second kappa shape index (κ2) is 8.67. The summed E-state index contributed by atoms with van der Waals surface area (Å²) < 4.78 is 0. The number of carbonyl (C=O) groups excluding carboxylic acids is 1. The molecule has 2 amide bonds. The molecule has 2 unspecified atom stereocenters. The van der Waals surface area contributed by atoms with E-state index in [2.05, 4.69) is 10.6 Å². The van der Waals surface area contributed by atoms with Crippen molar-refractivity contribution in [3.8, 4) is 0 Å². The third kappa shape index (κ3) is 6.62. The van der Waals surface area contributed by atoms with Crippen LogP contribution in [0.4, 0.5) is 4.79 Å². The van der Waals surface area contributed by atoms with Crippen LogP contribution in [-0.2, 0) is 11.3 Å². The zero-order valence-electron chi connectivity index (χ0n) is 12.8. The van der Waals surface area contributed by atoms with E-state index in [-0.39, 0.29) is 18.0 Å². The Labute approximate surface area is 129 Å². The van der Waals surface area contributed by atoms with Crippen LogP contribution in [0.2, 0.25) is 0 Å². The Morgan fingerprint density at radius 2 is 2.05 bits per heavy atom. The largest absolute Gasteiger partial charge is 0.481 e. The maximum absolute atomic E-state index is 11.8. The summed E-state index contributed by atoms with van der Waals surface area (Å²) in [6.45, 7) is 6.20. The summed E-state index contributed by atoms with van der Waals surface area (Å²) in [5, 5.41) is 16.5. The topological polar surface area (TPSA) is 78.4 Å². The highest BCUT2D eigenvalue weighted by molar-refractivity contribution is 7.10. The predicted octanol–water partition coefficient (Wildman–Crippen LogP) is 3.14. The maximum Gasteiger partial charge on any atom is 0.315 e. The van der Waals surface area contributed by atoms with Crippen molar-refractivity contribution in [1.82, 2.24) is 10.6 Å². The number of thiophene rings is 1. The van der Waals surface area contributed by atoms with Crippen molar-refractivity contribution in [3.05, 3.63) is 21.9 Å². The maximum atomic E-state index is 11.8.